The summed E-state index contributed by atoms with van der Waals surface area (Å²) < 4.78 is 9.13. The summed E-state index contributed by atoms with van der Waals surface area (Å²) in [6, 6.07) is 7.35. The lowest BCUT2D eigenvalue weighted by Gasteiger charge is -2.50. The average Bonchev–Trinajstić information content (AvgIpc) is 3.42. The second-order valence-corrected chi connectivity index (χ2v) is 11.1. The SMILES string of the molecule is COc1ccc2c(c1)CC[C@@H]1[C@@H]2CC[C@@]2(C)[C@H]1CC[C@H]2n1nnc(C2CC2)c1I. The summed E-state index contributed by atoms with van der Waals surface area (Å²) in [5, 5.41) is 9.31. The lowest BCUT2D eigenvalue weighted by Crippen LogP contribution is -2.43. The molecule has 4 nitrogen and oxygen atoms in total. The number of benzene rings is 1. The van der Waals surface area contributed by atoms with Gasteiger partial charge in [-0.15, -0.1) is 5.10 Å². The number of nitrogens with zero attached hydrogens (tertiary/aromatic N) is 3. The summed E-state index contributed by atoms with van der Waals surface area (Å²) in [6.07, 6.45) is 10.4. The molecule has 0 radical (unpaired) electrons. The molecule has 6 rings (SSSR count). The molecule has 5 heteroatoms. The number of rotatable bonds is 3. The second-order valence-electron chi connectivity index (χ2n) is 10.1. The minimum atomic E-state index is 0.361. The van der Waals surface area contributed by atoms with Gasteiger partial charge in [0, 0.05) is 5.92 Å². The van der Waals surface area contributed by atoms with Crippen molar-refractivity contribution >= 4 is 22.6 Å². The van der Waals surface area contributed by atoms with Gasteiger partial charge in [-0.25, -0.2) is 4.68 Å². The van der Waals surface area contributed by atoms with Crippen molar-refractivity contribution < 1.29 is 4.74 Å². The van der Waals surface area contributed by atoms with Gasteiger partial charge >= 0.3 is 0 Å². The molecule has 5 atom stereocenters. The van der Waals surface area contributed by atoms with E-state index in [4.69, 9.17) is 9.95 Å². The Morgan fingerprint density at radius 1 is 1.14 bits per heavy atom. The van der Waals surface area contributed by atoms with E-state index in [0.717, 1.165) is 23.5 Å². The molecule has 4 aliphatic rings. The number of aromatic nitrogens is 3. The van der Waals surface area contributed by atoms with E-state index in [1.807, 2.05) is 0 Å². The van der Waals surface area contributed by atoms with Crippen molar-refractivity contribution in [3.05, 3.63) is 38.7 Å². The van der Waals surface area contributed by atoms with Gasteiger partial charge in [0.15, 0.2) is 0 Å². The molecule has 3 saturated carbocycles. The fraction of sp³-hybridized carbons (Fsp3) is 0.667. The van der Waals surface area contributed by atoms with Crippen molar-refractivity contribution in [1.82, 2.24) is 15.0 Å². The van der Waals surface area contributed by atoms with Crippen LogP contribution in [-0.4, -0.2) is 22.1 Å². The molecule has 0 bridgehead atoms. The minimum Gasteiger partial charge on any atom is -0.497 e. The summed E-state index contributed by atoms with van der Waals surface area (Å²) in [7, 11) is 1.78. The van der Waals surface area contributed by atoms with Crippen LogP contribution in [0.25, 0.3) is 0 Å². The number of hydrogen-bond donors (Lipinski definition) is 0. The molecule has 4 aliphatic carbocycles. The quantitative estimate of drug-likeness (QED) is 0.493. The monoisotopic (exact) mass is 503 g/mol. The third-order valence-corrected chi connectivity index (χ3v) is 9.85. The molecule has 154 valence electrons. The van der Waals surface area contributed by atoms with E-state index >= 15 is 0 Å². The van der Waals surface area contributed by atoms with Crippen LogP contribution >= 0.6 is 22.6 Å². The zero-order valence-electron chi connectivity index (χ0n) is 17.4. The number of halogens is 1. The second kappa shape index (κ2) is 6.69. The van der Waals surface area contributed by atoms with Gasteiger partial charge in [0.1, 0.15) is 9.45 Å². The Labute approximate surface area is 186 Å². The first kappa shape index (κ1) is 18.6. The van der Waals surface area contributed by atoms with Crippen molar-refractivity contribution in [2.45, 2.75) is 76.2 Å². The van der Waals surface area contributed by atoms with Gasteiger partial charge in [0.2, 0.25) is 0 Å². The fourth-order valence-corrected chi connectivity index (χ4v) is 8.14. The van der Waals surface area contributed by atoms with E-state index < -0.39 is 0 Å². The van der Waals surface area contributed by atoms with Crippen LogP contribution < -0.4 is 4.74 Å². The summed E-state index contributed by atoms with van der Waals surface area (Å²) in [5.41, 5.74) is 4.77. The summed E-state index contributed by atoms with van der Waals surface area (Å²) in [5.74, 6) is 4.06. The van der Waals surface area contributed by atoms with Crippen LogP contribution in [-0.2, 0) is 6.42 Å². The van der Waals surface area contributed by atoms with E-state index in [1.165, 1.54) is 66.3 Å². The molecule has 1 aromatic heterocycles. The fourth-order valence-electron chi connectivity index (χ4n) is 7.16. The highest BCUT2D eigenvalue weighted by Gasteiger charge is 2.56. The number of methoxy groups -OCH3 is 1. The first-order valence-electron chi connectivity index (χ1n) is 11.4. The zero-order valence-corrected chi connectivity index (χ0v) is 19.6. The lowest BCUT2D eigenvalue weighted by molar-refractivity contribution is 0.0277. The van der Waals surface area contributed by atoms with Crippen molar-refractivity contribution in [2.24, 2.45) is 17.3 Å². The molecule has 0 aliphatic heterocycles. The predicted molar refractivity (Wildman–Crippen MR) is 121 cm³/mol. The van der Waals surface area contributed by atoms with Crippen molar-refractivity contribution in [3.8, 4) is 5.75 Å². The molecular weight excluding hydrogens is 473 g/mol. The standard InChI is InChI=1S/C24H30IN3O/c1-24-12-11-18-17-8-6-16(29-2)13-15(17)5-7-19(18)20(24)9-10-21(24)28-23(25)22(26-27-28)14-3-4-14/h6,8,13-14,18-21H,3-5,7,9-12H2,1-2H3/t18-,19-,20+,21-,24+/m1/s1. The average molecular weight is 503 g/mol. The Bertz CT molecular complexity index is 952. The molecule has 0 spiro atoms. The Morgan fingerprint density at radius 2 is 2.00 bits per heavy atom. The van der Waals surface area contributed by atoms with E-state index in [-0.39, 0.29) is 0 Å². The van der Waals surface area contributed by atoms with E-state index in [0.29, 0.717) is 17.4 Å². The maximum absolute atomic E-state index is 5.48. The first-order chi connectivity index (χ1) is 14.1. The van der Waals surface area contributed by atoms with Crippen LogP contribution in [0.2, 0.25) is 0 Å². The van der Waals surface area contributed by atoms with Gasteiger partial charge in [-0.3, -0.25) is 0 Å². The lowest BCUT2D eigenvalue weighted by atomic mass is 9.55. The molecule has 1 aromatic carbocycles. The Hall–Kier alpha value is -1.11. The topological polar surface area (TPSA) is 39.9 Å². The van der Waals surface area contributed by atoms with Crippen molar-refractivity contribution in [3.63, 3.8) is 0 Å². The third kappa shape index (κ3) is 2.75. The maximum atomic E-state index is 5.48. The van der Waals surface area contributed by atoms with E-state index in [9.17, 15) is 0 Å². The molecule has 0 N–H and O–H groups in total. The number of fused-ring (bicyclic) bond motifs is 5. The van der Waals surface area contributed by atoms with E-state index in [1.54, 1.807) is 12.7 Å². The van der Waals surface area contributed by atoms with Crippen LogP contribution in [0.5, 0.6) is 5.75 Å². The van der Waals surface area contributed by atoms with Gasteiger partial charge in [0.25, 0.3) is 0 Å². The highest BCUT2D eigenvalue weighted by Crippen LogP contribution is 2.64. The van der Waals surface area contributed by atoms with Crippen molar-refractivity contribution in [1.29, 1.82) is 0 Å². The van der Waals surface area contributed by atoms with Crippen LogP contribution in [0, 0.1) is 21.0 Å². The highest BCUT2D eigenvalue weighted by atomic mass is 127. The molecular formula is C24H30IN3O. The zero-order chi connectivity index (χ0) is 19.8. The minimum absolute atomic E-state index is 0.361. The van der Waals surface area contributed by atoms with Crippen molar-refractivity contribution in [2.75, 3.05) is 7.11 Å². The summed E-state index contributed by atoms with van der Waals surface area (Å²) in [4.78, 5) is 0. The summed E-state index contributed by atoms with van der Waals surface area (Å²) >= 11 is 2.52. The number of ether oxygens (including phenoxy) is 1. The van der Waals surface area contributed by atoms with Gasteiger partial charge < -0.3 is 4.74 Å². The number of aryl methyl sites for hydroxylation is 1. The maximum Gasteiger partial charge on any atom is 0.123 e. The molecule has 0 saturated heterocycles. The Kier molecular flexibility index (Phi) is 4.30. The van der Waals surface area contributed by atoms with Gasteiger partial charge in [-0.2, -0.15) is 0 Å². The third-order valence-electron chi connectivity index (χ3n) is 8.80. The van der Waals surface area contributed by atoms with Crippen LogP contribution in [0.1, 0.15) is 86.6 Å². The molecule has 3 fully saturated rings. The van der Waals surface area contributed by atoms with Crippen LogP contribution in [0.15, 0.2) is 18.2 Å². The normalized spacial score (nSPS) is 35.7. The first-order valence-corrected chi connectivity index (χ1v) is 12.5. The van der Waals surface area contributed by atoms with Crippen LogP contribution in [0.3, 0.4) is 0 Å². The predicted octanol–water partition coefficient (Wildman–Crippen LogP) is 5.87. The molecule has 2 aromatic rings. The van der Waals surface area contributed by atoms with Gasteiger partial charge in [-0.1, -0.05) is 18.2 Å². The highest BCUT2D eigenvalue weighted by molar-refractivity contribution is 14.1. The molecule has 29 heavy (non-hydrogen) atoms. The van der Waals surface area contributed by atoms with Crippen LogP contribution in [0.4, 0.5) is 0 Å². The number of hydrogen-bond acceptors (Lipinski definition) is 3. The largest absolute Gasteiger partial charge is 0.497 e. The van der Waals surface area contributed by atoms with Gasteiger partial charge in [-0.05, 0) is 120 Å². The molecule has 0 unspecified atom stereocenters. The van der Waals surface area contributed by atoms with E-state index in [2.05, 4.69) is 57.5 Å². The Morgan fingerprint density at radius 3 is 2.79 bits per heavy atom. The smallest absolute Gasteiger partial charge is 0.123 e. The van der Waals surface area contributed by atoms with Gasteiger partial charge in [0.05, 0.1) is 18.8 Å². The molecule has 0 amide bonds. The summed E-state index contributed by atoms with van der Waals surface area (Å²) in [6.45, 7) is 2.57. The molecule has 1 heterocycles. The Balaban J connectivity index is 1.31.